The number of carbonyl (C=O) groups excluding carboxylic acids is 1. The standard InChI is InChI=1S/C9H8ClNO2/c1-6-2-3-7(4-11-5-12)8(10)9(6)13/h2-3,13H,4H2,1H3. The molecule has 1 rings (SSSR count). The average Bonchev–Trinajstić information content (AvgIpc) is 2.13. The minimum atomic E-state index is 0.0419. The first-order valence-electron chi connectivity index (χ1n) is 3.67. The molecule has 0 aliphatic heterocycles. The van der Waals surface area contributed by atoms with E-state index in [1.54, 1.807) is 19.1 Å². The van der Waals surface area contributed by atoms with Gasteiger partial charge in [0.1, 0.15) is 5.75 Å². The maximum atomic E-state index is 9.84. The monoisotopic (exact) mass is 197 g/mol. The van der Waals surface area contributed by atoms with Gasteiger partial charge in [0.15, 0.2) is 0 Å². The fourth-order valence-electron chi connectivity index (χ4n) is 0.942. The number of hydrogen-bond acceptors (Lipinski definition) is 3. The summed E-state index contributed by atoms with van der Waals surface area (Å²) in [5.41, 5.74) is 1.32. The van der Waals surface area contributed by atoms with Gasteiger partial charge in [-0.15, -0.1) is 0 Å². The van der Waals surface area contributed by atoms with Crippen molar-refractivity contribution < 1.29 is 9.90 Å². The molecule has 1 aromatic carbocycles. The molecular formula is C9H8ClNO2. The van der Waals surface area contributed by atoms with Crippen LogP contribution in [0.2, 0.25) is 5.02 Å². The number of aryl methyl sites for hydroxylation is 1. The lowest BCUT2D eigenvalue weighted by Crippen LogP contribution is -1.85. The van der Waals surface area contributed by atoms with Gasteiger partial charge in [0, 0.05) is 0 Å². The number of halogens is 1. The number of phenolic OH excluding ortho intramolecular Hbond substituents is 1. The van der Waals surface area contributed by atoms with Crippen molar-refractivity contribution >= 4 is 17.7 Å². The number of aromatic hydroxyl groups is 1. The second kappa shape index (κ2) is 4.08. The SMILES string of the molecule is Cc1ccc(CN=C=O)c(Cl)c1O. The van der Waals surface area contributed by atoms with Crippen LogP contribution in [0.1, 0.15) is 11.1 Å². The van der Waals surface area contributed by atoms with Gasteiger partial charge in [-0.2, -0.15) is 0 Å². The van der Waals surface area contributed by atoms with Crippen LogP contribution in [0.5, 0.6) is 5.75 Å². The Balaban J connectivity index is 3.10. The zero-order valence-corrected chi connectivity index (χ0v) is 7.80. The van der Waals surface area contributed by atoms with Crippen LogP contribution in [-0.4, -0.2) is 11.2 Å². The highest BCUT2D eigenvalue weighted by molar-refractivity contribution is 6.32. The Morgan fingerprint density at radius 1 is 1.62 bits per heavy atom. The number of hydrogen-bond donors (Lipinski definition) is 1. The molecule has 0 radical (unpaired) electrons. The highest BCUT2D eigenvalue weighted by atomic mass is 35.5. The fraction of sp³-hybridized carbons (Fsp3) is 0.222. The van der Waals surface area contributed by atoms with Crippen molar-refractivity contribution in [3.63, 3.8) is 0 Å². The minimum absolute atomic E-state index is 0.0419. The van der Waals surface area contributed by atoms with Gasteiger partial charge in [-0.1, -0.05) is 23.7 Å². The quantitative estimate of drug-likeness (QED) is 0.584. The molecule has 0 saturated heterocycles. The maximum absolute atomic E-state index is 9.84. The molecule has 0 unspecified atom stereocenters. The second-order valence-corrected chi connectivity index (χ2v) is 2.99. The normalized spacial score (nSPS) is 9.38. The number of nitrogens with zero attached hydrogens (tertiary/aromatic N) is 1. The van der Waals surface area contributed by atoms with Crippen molar-refractivity contribution in [1.82, 2.24) is 0 Å². The molecule has 4 heteroatoms. The van der Waals surface area contributed by atoms with E-state index >= 15 is 0 Å². The Hall–Kier alpha value is -1.31. The fourth-order valence-corrected chi connectivity index (χ4v) is 1.21. The van der Waals surface area contributed by atoms with Crippen molar-refractivity contribution in [2.45, 2.75) is 13.5 Å². The summed E-state index contributed by atoms with van der Waals surface area (Å²) >= 11 is 5.79. The molecule has 0 aliphatic rings. The Morgan fingerprint density at radius 3 is 2.92 bits per heavy atom. The molecular weight excluding hydrogens is 190 g/mol. The summed E-state index contributed by atoms with van der Waals surface area (Å²) in [4.78, 5) is 13.2. The first-order valence-corrected chi connectivity index (χ1v) is 4.05. The number of isocyanates is 1. The molecule has 68 valence electrons. The molecule has 0 fully saturated rings. The van der Waals surface area contributed by atoms with E-state index in [1.165, 1.54) is 6.08 Å². The van der Waals surface area contributed by atoms with Crippen molar-refractivity contribution in [2.24, 2.45) is 4.99 Å². The van der Waals surface area contributed by atoms with Crippen LogP contribution in [0.15, 0.2) is 17.1 Å². The summed E-state index contributed by atoms with van der Waals surface area (Å²) in [7, 11) is 0. The first kappa shape index (κ1) is 9.78. The third-order valence-corrected chi connectivity index (χ3v) is 2.13. The smallest absolute Gasteiger partial charge is 0.235 e. The summed E-state index contributed by atoms with van der Waals surface area (Å²) in [5.74, 6) is 0.0419. The first-order chi connectivity index (χ1) is 6.16. The van der Waals surface area contributed by atoms with Crippen molar-refractivity contribution in [3.05, 3.63) is 28.3 Å². The lowest BCUT2D eigenvalue weighted by molar-refractivity contribution is 0.470. The summed E-state index contributed by atoms with van der Waals surface area (Å²) < 4.78 is 0. The van der Waals surface area contributed by atoms with E-state index in [-0.39, 0.29) is 17.3 Å². The van der Waals surface area contributed by atoms with Gasteiger partial charge in [0.2, 0.25) is 6.08 Å². The van der Waals surface area contributed by atoms with E-state index in [0.717, 1.165) is 0 Å². The molecule has 13 heavy (non-hydrogen) atoms. The molecule has 0 spiro atoms. The zero-order valence-electron chi connectivity index (χ0n) is 7.04. The lowest BCUT2D eigenvalue weighted by Gasteiger charge is -2.04. The Bertz CT molecular complexity index is 370. The van der Waals surface area contributed by atoms with Crippen molar-refractivity contribution in [2.75, 3.05) is 0 Å². The molecule has 3 nitrogen and oxygen atoms in total. The van der Waals surface area contributed by atoms with Crippen LogP contribution in [0.3, 0.4) is 0 Å². The molecule has 0 aliphatic carbocycles. The molecule has 0 saturated carbocycles. The minimum Gasteiger partial charge on any atom is -0.506 e. The van der Waals surface area contributed by atoms with E-state index < -0.39 is 0 Å². The predicted molar refractivity (Wildman–Crippen MR) is 49.7 cm³/mol. The van der Waals surface area contributed by atoms with E-state index in [2.05, 4.69) is 4.99 Å². The van der Waals surface area contributed by atoms with Crippen LogP contribution in [0.25, 0.3) is 0 Å². The molecule has 1 N–H and O–H groups in total. The van der Waals surface area contributed by atoms with Crippen LogP contribution < -0.4 is 0 Å². The molecule has 0 atom stereocenters. The molecule has 1 aromatic rings. The van der Waals surface area contributed by atoms with Crippen LogP contribution >= 0.6 is 11.6 Å². The molecule has 0 aromatic heterocycles. The highest BCUT2D eigenvalue weighted by Gasteiger charge is 2.06. The number of benzene rings is 1. The maximum Gasteiger partial charge on any atom is 0.235 e. The number of phenols is 1. The summed E-state index contributed by atoms with van der Waals surface area (Å²) in [6, 6.07) is 3.44. The Labute approximate surface area is 80.7 Å². The van der Waals surface area contributed by atoms with Crippen molar-refractivity contribution in [3.8, 4) is 5.75 Å². The van der Waals surface area contributed by atoms with E-state index in [0.29, 0.717) is 11.1 Å². The average molecular weight is 198 g/mol. The lowest BCUT2D eigenvalue weighted by atomic mass is 10.1. The van der Waals surface area contributed by atoms with Gasteiger partial charge in [-0.25, -0.2) is 9.79 Å². The third kappa shape index (κ3) is 2.08. The van der Waals surface area contributed by atoms with E-state index in [9.17, 15) is 9.90 Å². The topological polar surface area (TPSA) is 49.7 Å². The van der Waals surface area contributed by atoms with Gasteiger partial charge in [0.25, 0.3) is 0 Å². The largest absolute Gasteiger partial charge is 0.506 e. The van der Waals surface area contributed by atoms with Gasteiger partial charge >= 0.3 is 0 Å². The number of aliphatic imine (C=N–C) groups is 1. The highest BCUT2D eigenvalue weighted by Crippen LogP contribution is 2.30. The van der Waals surface area contributed by atoms with E-state index in [4.69, 9.17) is 11.6 Å². The van der Waals surface area contributed by atoms with Gasteiger partial charge < -0.3 is 5.11 Å². The third-order valence-electron chi connectivity index (χ3n) is 1.71. The van der Waals surface area contributed by atoms with Gasteiger partial charge in [-0.05, 0) is 18.1 Å². The molecule has 0 amide bonds. The zero-order chi connectivity index (χ0) is 9.84. The molecule has 0 heterocycles. The van der Waals surface area contributed by atoms with E-state index in [1.807, 2.05) is 0 Å². The van der Waals surface area contributed by atoms with Crippen molar-refractivity contribution in [1.29, 1.82) is 0 Å². The van der Waals surface area contributed by atoms with Gasteiger partial charge in [-0.3, -0.25) is 0 Å². The van der Waals surface area contributed by atoms with Crippen LogP contribution in [0, 0.1) is 6.92 Å². The second-order valence-electron chi connectivity index (χ2n) is 2.61. The Morgan fingerprint density at radius 2 is 2.31 bits per heavy atom. The summed E-state index contributed by atoms with van der Waals surface area (Å²) in [6.07, 6.45) is 1.41. The molecule has 0 bridgehead atoms. The van der Waals surface area contributed by atoms with Crippen LogP contribution in [0.4, 0.5) is 0 Å². The van der Waals surface area contributed by atoms with Crippen LogP contribution in [-0.2, 0) is 11.3 Å². The Kier molecular flexibility index (Phi) is 3.07. The summed E-state index contributed by atoms with van der Waals surface area (Å²) in [5, 5.41) is 9.66. The number of rotatable bonds is 2. The predicted octanol–water partition coefficient (Wildman–Crippen LogP) is 2.19. The summed E-state index contributed by atoms with van der Waals surface area (Å²) in [6.45, 7) is 1.89. The van der Waals surface area contributed by atoms with Gasteiger partial charge in [0.05, 0.1) is 11.6 Å².